The molecule has 6 heteroatoms. The topological polar surface area (TPSA) is 84.2 Å². The molecule has 2 aromatic rings. The summed E-state index contributed by atoms with van der Waals surface area (Å²) in [5.41, 5.74) is 6.50. The van der Waals surface area contributed by atoms with Crippen molar-refractivity contribution in [1.29, 1.82) is 0 Å². The van der Waals surface area contributed by atoms with E-state index in [1.54, 1.807) is 23.9 Å². The molecule has 5 nitrogen and oxygen atoms in total. The lowest BCUT2D eigenvalue weighted by atomic mass is 10.2. The van der Waals surface area contributed by atoms with Gasteiger partial charge in [-0.05, 0) is 61.5 Å². The summed E-state index contributed by atoms with van der Waals surface area (Å²) in [4.78, 5) is 25.0. The van der Waals surface area contributed by atoms with E-state index in [1.807, 2.05) is 36.4 Å². The van der Waals surface area contributed by atoms with E-state index in [-0.39, 0.29) is 5.91 Å². The number of nitrogens with one attached hydrogen (secondary N) is 2. The molecule has 4 N–H and O–H groups in total. The van der Waals surface area contributed by atoms with Crippen LogP contribution in [0.15, 0.2) is 58.3 Å². The van der Waals surface area contributed by atoms with Crippen LogP contribution < -0.4 is 16.4 Å². The van der Waals surface area contributed by atoms with Gasteiger partial charge in [0.25, 0.3) is 0 Å². The fraction of sp³-hybridized carbons (Fsp3) is 0.263. The summed E-state index contributed by atoms with van der Waals surface area (Å²) in [7, 11) is 0. The number of rotatable bonds is 9. The van der Waals surface area contributed by atoms with E-state index < -0.39 is 5.91 Å². The average molecular weight is 357 g/mol. The molecule has 0 aliphatic carbocycles. The third-order valence-electron chi connectivity index (χ3n) is 3.51. The fourth-order valence-electron chi connectivity index (χ4n) is 2.14. The van der Waals surface area contributed by atoms with Crippen LogP contribution in [0.4, 0.5) is 5.69 Å². The Kier molecular flexibility index (Phi) is 7.50. The maximum atomic E-state index is 11.8. The summed E-state index contributed by atoms with van der Waals surface area (Å²) >= 11 is 1.58. The summed E-state index contributed by atoms with van der Waals surface area (Å²) in [6.45, 7) is 3.30. The van der Waals surface area contributed by atoms with Gasteiger partial charge in [0.2, 0.25) is 11.8 Å². The summed E-state index contributed by atoms with van der Waals surface area (Å²) in [5, 5.41) is 5.98. The minimum absolute atomic E-state index is 0.0430. The lowest BCUT2D eigenvalue weighted by Crippen LogP contribution is -2.28. The van der Waals surface area contributed by atoms with Crippen LogP contribution in [0.2, 0.25) is 0 Å². The zero-order valence-corrected chi connectivity index (χ0v) is 15.1. The van der Waals surface area contributed by atoms with Crippen LogP contribution in [0.5, 0.6) is 0 Å². The highest BCUT2D eigenvalue weighted by atomic mass is 32.2. The number of amides is 2. The molecule has 0 saturated carbocycles. The third kappa shape index (κ3) is 6.60. The van der Waals surface area contributed by atoms with Crippen LogP contribution >= 0.6 is 11.8 Å². The molecule has 0 aliphatic heterocycles. The van der Waals surface area contributed by atoms with E-state index in [2.05, 4.69) is 17.6 Å². The highest BCUT2D eigenvalue weighted by molar-refractivity contribution is 7.99. The van der Waals surface area contributed by atoms with Gasteiger partial charge in [0.15, 0.2) is 0 Å². The second kappa shape index (κ2) is 9.86. The second-order valence-electron chi connectivity index (χ2n) is 5.59. The fourth-order valence-corrected chi connectivity index (χ4v) is 2.96. The molecule has 0 heterocycles. The first-order chi connectivity index (χ1) is 12.1. The van der Waals surface area contributed by atoms with E-state index in [1.165, 1.54) is 0 Å². The van der Waals surface area contributed by atoms with Gasteiger partial charge in [-0.2, -0.15) is 0 Å². The molecule has 0 atom stereocenters. The molecule has 0 saturated heterocycles. The van der Waals surface area contributed by atoms with Crippen molar-refractivity contribution in [2.24, 2.45) is 5.73 Å². The molecular formula is C19H23N3O2S. The molecule has 0 spiro atoms. The SMILES string of the molecule is CCCCNCC(=O)Nc1ccc(Sc2ccc(C(N)=O)cc2)cc1. The van der Waals surface area contributed by atoms with Crippen molar-refractivity contribution in [3.8, 4) is 0 Å². The number of unbranched alkanes of at least 4 members (excludes halogenated alkanes) is 1. The quantitative estimate of drug-likeness (QED) is 0.602. The van der Waals surface area contributed by atoms with E-state index in [4.69, 9.17) is 5.73 Å². The molecule has 0 aromatic heterocycles. The average Bonchev–Trinajstić information content (AvgIpc) is 2.61. The Bertz CT molecular complexity index is 700. The number of nitrogens with two attached hydrogens (primary N) is 1. The number of primary amides is 1. The van der Waals surface area contributed by atoms with Gasteiger partial charge < -0.3 is 16.4 Å². The van der Waals surface area contributed by atoms with Crippen molar-refractivity contribution in [3.63, 3.8) is 0 Å². The Balaban J connectivity index is 1.84. The minimum atomic E-state index is -0.430. The number of hydrogen-bond donors (Lipinski definition) is 3. The van der Waals surface area contributed by atoms with Crippen molar-refractivity contribution in [2.75, 3.05) is 18.4 Å². The molecule has 132 valence electrons. The molecule has 25 heavy (non-hydrogen) atoms. The van der Waals surface area contributed by atoms with Crippen LogP contribution in [0, 0.1) is 0 Å². The highest BCUT2D eigenvalue weighted by Crippen LogP contribution is 2.28. The van der Waals surface area contributed by atoms with Gasteiger partial charge in [-0.25, -0.2) is 0 Å². The lowest BCUT2D eigenvalue weighted by Gasteiger charge is -2.08. The zero-order valence-electron chi connectivity index (χ0n) is 14.2. The van der Waals surface area contributed by atoms with E-state index >= 15 is 0 Å². The maximum absolute atomic E-state index is 11.8. The Morgan fingerprint density at radius 2 is 1.60 bits per heavy atom. The maximum Gasteiger partial charge on any atom is 0.248 e. The number of carbonyl (C=O) groups is 2. The third-order valence-corrected chi connectivity index (χ3v) is 4.52. The lowest BCUT2D eigenvalue weighted by molar-refractivity contribution is -0.115. The summed E-state index contributed by atoms with van der Waals surface area (Å²) in [5.74, 6) is -0.473. The van der Waals surface area contributed by atoms with Gasteiger partial charge >= 0.3 is 0 Å². The van der Waals surface area contributed by atoms with Gasteiger partial charge in [-0.3, -0.25) is 9.59 Å². The van der Waals surface area contributed by atoms with E-state index in [0.29, 0.717) is 12.1 Å². The van der Waals surface area contributed by atoms with Gasteiger partial charge in [-0.15, -0.1) is 0 Å². The molecule has 2 rings (SSSR count). The Labute approximate surface area is 152 Å². The first kappa shape index (κ1) is 19.0. The molecule has 2 amide bonds. The van der Waals surface area contributed by atoms with Crippen LogP contribution in [-0.2, 0) is 4.79 Å². The first-order valence-corrected chi connectivity index (χ1v) is 9.08. The van der Waals surface area contributed by atoms with E-state index in [0.717, 1.165) is 34.9 Å². The molecule has 0 bridgehead atoms. The van der Waals surface area contributed by atoms with Crippen LogP contribution in [0.25, 0.3) is 0 Å². The van der Waals surface area contributed by atoms with Crippen LogP contribution in [-0.4, -0.2) is 24.9 Å². The van der Waals surface area contributed by atoms with Gasteiger partial charge in [0.05, 0.1) is 6.54 Å². The first-order valence-electron chi connectivity index (χ1n) is 8.27. The minimum Gasteiger partial charge on any atom is -0.366 e. The molecule has 0 fully saturated rings. The van der Waals surface area contributed by atoms with Crippen molar-refractivity contribution < 1.29 is 9.59 Å². The molecule has 0 aliphatic rings. The summed E-state index contributed by atoms with van der Waals surface area (Å²) < 4.78 is 0. The smallest absolute Gasteiger partial charge is 0.248 e. The normalized spacial score (nSPS) is 10.4. The largest absolute Gasteiger partial charge is 0.366 e. The molecular weight excluding hydrogens is 334 g/mol. The molecule has 0 radical (unpaired) electrons. The Morgan fingerprint density at radius 1 is 1.00 bits per heavy atom. The predicted octanol–water partition coefficient (Wildman–Crippen LogP) is 3.26. The van der Waals surface area contributed by atoms with Crippen molar-refractivity contribution >= 4 is 29.3 Å². The molecule has 2 aromatic carbocycles. The summed E-state index contributed by atoms with van der Waals surface area (Å²) in [6.07, 6.45) is 2.18. The van der Waals surface area contributed by atoms with Crippen LogP contribution in [0.3, 0.4) is 0 Å². The van der Waals surface area contributed by atoms with Gasteiger partial charge in [-0.1, -0.05) is 25.1 Å². The van der Waals surface area contributed by atoms with Gasteiger partial charge in [0, 0.05) is 21.0 Å². The standard InChI is InChI=1S/C19H23N3O2S/c1-2-3-12-21-13-18(23)22-15-6-10-17(11-7-15)25-16-8-4-14(5-9-16)19(20)24/h4-11,21H,2-3,12-13H2,1H3,(H2,20,24)(H,22,23). The van der Waals surface area contributed by atoms with E-state index in [9.17, 15) is 9.59 Å². The zero-order chi connectivity index (χ0) is 18.1. The number of hydrogen-bond acceptors (Lipinski definition) is 4. The predicted molar refractivity (Wildman–Crippen MR) is 102 cm³/mol. The van der Waals surface area contributed by atoms with Crippen molar-refractivity contribution in [1.82, 2.24) is 5.32 Å². The Morgan fingerprint density at radius 3 is 2.16 bits per heavy atom. The number of carbonyl (C=O) groups excluding carboxylic acids is 2. The summed E-state index contributed by atoms with van der Waals surface area (Å²) in [6, 6.07) is 14.8. The number of benzene rings is 2. The second-order valence-corrected chi connectivity index (χ2v) is 6.74. The monoisotopic (exact) mass is 357 g/mol. The number of anilines is 1. The van der Waals surface area contributed by atoms with Gasteiger partial charge in [0.1, 0.15) is 0 Å². The highest BCUT2D eigenvalue weighted by Gasteiger charge is 2.04. The van der Waals surface area contributed by atoms with Crippen LogP contribution in [0.1, 0.15) is 30.1 Å². The molecule has 0 unspecified atom stereocenters. The van der Waals surface area contributed by atoms with Crippen molar-refractivity contribution in [2.45, 2.75) is 29.6 Å². The Hall–Kier alpha value is -2.31. The van der Waals surface area contributed by atoms with Crippen molar-refractivity contribution in [3.05, 3.63) is 54.1 Å².